The molecule has 3 atom stereocenters. The number of anilines is 1. The first-order valence-electron chi connectivity index (χ1n) is 6.72. The molecule has 2 unspecified atom stereocenters. The van der Waals surface area contributed by atoms with Crippen molar-refractivity contribution in [1.29, 1.82) is 0 Å². The summed E-state index contributed by atoms with van der Waals surface area (Å²) in [4.78, 5) is 12.8. The van der Waals surface area contributed by atoms with Gasteiger partial charge in [-0.25, -0.2) is 0 Å². The standard InChI is InChI=1S/C14H20N2O4/c1-9(17)11-4-5-13(14(8-11)16(18)19)15(3)12-6-7-20-10(12)2/h4-5,8-10,12,17H,6-7H2,1-3H3/t9-,10?,12?/m1/s1. The van der Waals surface area contributed by atoms with Gasteiger partial charge in [-0.2, -0.15) is 0 Å². The molecule has 1 aromatic carbocycles. The van der Waals surface area contributed by atoms with E-state index < -0.39 is 11.0 Å². The highest BCUT2D eigenvalue weighted by molar-refractivity contribution is 5.65. The maximum atomic E-state index is 11.3. The number of aliphatic hydroxyl groups is 1. The first kappa shape index (κ1) is 14.7. The molecule has 0 amide bonds. The van der Waals surface area contributed by atoms with E-state index in [1.54, 1.807) is 19.1 Å². The highest BCUT2D eigenvalue weighted by Gasteiger charge is 2.31. The van der Waals surface area contributed by atoms with Gasteiger partial charge >= 0.3 is 0 Å². The number of nitrogens with zero attached hydrogens (tertiary/aromatic N) is 2. The minimum atomic E-state index is -0.721. The zero-order chi connectivity index (χ0) is 14.9. The zero-order valence-electron chi connectivity index (χ0n) is 11.9. The fourth-order valence-corrected chi connectivity index (χ4v) is 2.65. The molecule has 0 saturated carbocycles. The van der Waals surface area contributed by atoms with Crippen LogP contribution in [0.4, 0.5) is 11.4 Å². The Morgan fingerprint density at radius 3 is 2.75 bits per heavy atom. The summed E-state index contributed by atoms with van der Waals surface area (Å²) in [5.74, 6) is 0. The second-order valence-corrected chi connectivity index (χ2v) is 5.22. The Morgan fingerprint density at radius 2 is 2.25 bits per heavy atom. The molecule has 6 nitrogen and oxygen atoms in total. The molecule has 0 aromatic heterocycles. The maximum absolute atomic E-state index is 11.3. The van der Waals surface area contributed by atoms with Crippen LogP contribution in [0.25, 0.3) is 0 Å². The quantitative estimate of drug-likeness (QED) is 0.676. The van der Waals surface area contributed by atoms with Crippen molar-refractivity contribution in [2.75, 3.05) is 18.6 Å². The summed E-state index contributed by atoms with van der Waals surface area (Å²) >= 11 is 0. The van der Waals surface area contributed by atoms with Crippen molar-refractivity contribution < 1.29 is 14.8 Å². The van der Waals surface area contributed by atoms with Gasteiger partial charge in [0.25, 0.3) is 5.69 Å². The van der Waals surface area contributed by atoms with Crippen LogP contribution in [0.1, 0.15) is 31.9 Å². The minimum absolute atomic E-state index is 0.0185. The third-order valence-electron chi connectivity index (χ3n) is 3.89. The molecule has 110 valence electrons. The molecular weight excluding hydrogens is 260 g/mol. The number of nitro groups is 1. The molecule has 0 spiro atoms. The van der Waals surface area contributed by atoms with Gasteiger partial charge in [-0.3, -0.25) is 10.1 Å². The van der Waals surface area contributed by atoms with Crippen molar-refractivity contribution in [3.63, 3.8) is 0 Å². The highest BCUT2D eigenvalue weighted by atomic mass is 16.6. The van der Waals surface area contributed by atoms with Crippen LogP contribution in [-0.2, 0) is 4.74 Å². The van der Waals surface area contributed by atoms with Gasteiger partial charge in [0.15, 0.2) is 0 Å². The number of likely N-dealkylation sites (N-methyl/N-ethyl adjacent to an activating group) is 1. The van der Waals surface area contributed by atoms with Crippen molar-refractivity contribution in [3.8, 4) is 0 Å². The van der Waals surface area contributed by atoms with Crippen LogP contribution < -0.4 is 4.90 Å². The fourth-order valence-electron chi connectivity index (χ4n) is 2.65. The second kappa shape index (κ2) is 5.76. The lowest BCUT2D eigenvalue weighted by Gasteiger charge is -2.28. The number of hydrogen-bond donors (Lipinski definition) is 1. The predicted molar refractivity (Wildman–Crippen MR) is 76.0 cm³/mol. The summed E-state index contributed by atoms with van der Waals surface area (Å²) in [7, 11) is 1.85. The Hall–Kier alpha value is -1.66. The second-order valence-electron chi connectivity index (χ2n) is 5.22. The SMILES string of the molecule is CC1OCCC1N(C)c1ccc([C@@H](C)O)cc1[N+](=O)[O-]. The third-order valence-corrected chi connectivity index (χ3v) is 3.89. The topological polar surface area (TPSA) is 75.8 Å². The Morgan fingerprint density at radius 1 is 1.55 bits per heavy atom. The van der Waals surface area contributed by atoms with Crippen LogP contribution in [0.3, 0.4) is 0 Å². The number of aliphatic hydroxyl groups excluding tert-OH is 1. The van der Waals surface area contributed by atoms with Crippen molar-refractivity contribution in [3.05, 3.63) is 33.9 Å². The molecule has 0 aliphatic carbocycles. The average molecular weight is 280 g/mol. The Labute approximate surface area is 118 Å². The average Bonchev–Trinajstić information content (AvgIpc) is 2.83. The monoisotopic (exact) mass is 280 g/mol. The lowest BCUT2D eigenvalue weighted by Crippen LogP contribution is -2.37. The fraction of sp³-hybridized carbons (Fsp3) is 0.571. The van der Waals surface area contributed by atoms with Gasteiger partial charge in [0.2, 0.25) is 0 Å². The Kier molecular flexibility index (Phi) is 4.25. The molecule has 1 saturated heterocycles. The van der Waals surface area contributed by atoms with Crippen molar-refractivity contribution in [2.24, 2.45) is 0 Å². The maximum Gasteiger partial charge on any atom is 0.292 e. The van der Waals surface area contributed by atoms with Gasteiger partial charge in [-0.05, 0) is 31.9 Å². The summed E-state index contributed by atoms with van der Waals surface area (Å²) in [5, 5.41) is 20.8. The Balaban J connectivity index is 2.37. The number of hydrogen-bond acceptors (Lipinski definition) is 5. The van der Waals surface area contributed by atoms with Gasteiger partial charge < -0.3 is 14.7 Å². The van der Waals surface area contributed by atoms with Gasteiger partial charge in [-0.15, -0.1) is 0 Å². The van der Waals surface area contributed by atoms with E-state index in [9.17, 15) is 15.2 Å². The summed E-state index contributed by atoms with van der Waals surface area (Å²) in [6.45, 7) is 4.25. The number of benzene rings is 1. The van der Waals surface area contributed by atoms with E-state index in [0.717, 1.165) is 6.42 Å². The van der Waals surface area contributed by atoms with Gasteiger partial charge in [0, 0.05) is 19.7 Å². The summed E-state index contributed by atoms with van der Waals surface area (Å²) < 4.78 is 5.52. The first-order chi connectivity index (χ1) is 9.41. The van der Waals surface area contributed by atoms with Crippen LogP contribution in [0.2, 0.25) is 0 Å². The van der Waals surface area contributed by atoms with Gasteiger partial charge in [0.1, 0.15) is 5.69 Å². The van der Waals surface area contributed by atoms with Crippen LogP contribution >= 0.6 is 0 Å². The van der Waals surface area contributed by atoms with E-state index in [2.05, 4.69) is 0 Å². The molecule has 6 heteroatoms. The lowest BCUT2D eigenvalue weighted by atomic mass is 10.1. The zero-order valence-corrected chi connectivity index (χ0v) is 11.9. The molecular formula is C14H20N2O4. The normalized spacial score (nSPS) is 23.6. The molecule has 1 fully saturated rings. The van der Waals surface area contributed by atoms with Crippen molar-refractivity contribution in [1.82, 2.24) is 0 Å². The van der Waals surface area contributed by atoms with E-state index in [1.807, 2.05) is 18.9 Å². The third kappa shape index (κ3) is 2.76. The number of rotatable bonds is 4. The Bertz CT molecular complexity index is 504. The summed E-state index contributed by atoms with van der Waals surface area (Å²) in [6.07, 6.45) is 0.185. The van der Waals surface area contributed by atoms with Gasteiger partial charge in [0.05, 0.1) is 23.2 Å². The van der Waals surface area contributed by atoms with Crippen LogP contribution in [0.15, 0.2) is 18.2 Å². The first-order valence-corrected chi connectivity index (χ1v) is 6.72. The van der Waals surface area contributed by atoms with Crippen molar-refractivity contribution in [2.45, 2.75) is 38.5 Å². The van der Waals surface area contributed by atoms with E-state index in [0.29, 0.717) is 17.9 Å². The molecule has 1 aliphatic heterocycles. The van der Waals surface area contributed by atoms with Crippen LogP contribution in [0.5, 0.6) is 0 Å². The van der Waals surface area contributed by atoms with E-state index >= 15 is 0 Å². The highest BCUT2D eigenvalue weighted by Crippen LogP contribution is 2.34. The van der Waals surface area contributed by atoms with Crippen LogP contribution in [-0.4, -0.2) is 35.8 Å². The van der Waals surface area contributed by atoms with E-state index in [-0.39, 0.29) is 17.8 Å². The molecule has 0 bridgehead atoms. The van der Waals surface area contributed by atoms with Crippen LogP contribution in [0, 0.1) is 10.1 Å². The molecule has 0 radical (unpaired) electrons. The van der Waals surface area contributed by atoms with Crippen molar-refractivity contribution >= 4 is 11.4 Å². The predicted octanol–water partition coefficient (Wildman–Crippen LogP) is 2.26. The minimum Gasteiger partial charge on any atom is -0.389 e. The largest absolute Gasteiger partial charge is 0.389 e. The molecule has 1 aromatic rings. The van der Waals surface area contributed by atoms with Gasteiger partial charge in [-0.1, -0.05) is 6.07 Å². The van der Waals surface area contributed by atoms with E-state index in [4.69, 9.17) is 4.74 Å². The number of ether oxygens (including phenoxy) is 1. The summed E-state index contributed by atoms with van der Waals surface area (Å²) in [5.41, 5.74) is 1.12. The molecule has 1 N–H and O–H groups in total. The molecule has 2 rings (SSSR count). The molecule has 1 heterocycles. The smallest absolute Gasteiger partial charge is 0.292 e. The molecule has 20 heavy (non-hydrogen) atoms. The number of nitro benzene ring substituents is 1. The summed E-state index contributed by atoms with van der Waals surface area (Å²) in [6, 6.07) is 5.00. The molecule has 1 aliphatic rings. The van der Waals surface area contributed by atoms with E-state index in [1.165, 1.54) is 6.07 Å². The lowest BCUT2D eigenvalue weighted by molar-refractivity contribution is -0.384.